The van der Waals surface area contributed by atoms with Gasteiger partial charge in [0.15, 0.2) is 11.6 Å². The molecule has 4 unspecified atom stereocenters. The molecule has 0 saturated carbocycles. The molecule has 0 bridgehead atoms. The number of phenols is 1. The molecule has 8 heteroatoms. The maximum absolute atomic E-state index is 13.7. The molecule has 1 N–H and O–H groups in total. The first-order valence-corrected chi connectivity index (χ1v) is 12.4. The summed E-state index contributed by atoms with van der Waals surface area (Å²) < 4.78 is 10.9. The summed E-state index contributed by atoms with van der Waals surface area (Å²) in [6.45, 7) is 7.09. The summed E-state index contributed by atoms with van der Waals surface area (Å²) in [5.74, 6) is -2.94. The SMILES string of the molecule is COc1cc(O)c(C2C3=CCC4C(=O)N(C(C)(C)C)C(=O)C4C3CC3=C2C(=O)C=C(C)C3=O)c(OC)c1. The van der Waals surface area contributed by atoms with Gasteiger partial charge < -0.3 is 14.6 Å². The van der Waals surface area contributed by atoms with Crippen molar-refractivity contribution in [3.63, 3.8) is 0 Å². The Balaban J connectivity index is 1.74. The Kier molecular flexibility index (Phi) is 5.69. The van der Waals surface area contributed by atoms with E-state index in [1.807, 2.05) is 26.8 Å². The Bertz CT molecular complexity index is 1360. The van der Waals surface area contributed by atoms with Crippen LogP contribution in [0.5, 0.6) is 17.2 Å². The van der Waals surface area contributed by atoms with Gasteiger partial charge in [0.05, 0.1) is 26.1 Å². The lowest BCUT2D eigenvalue weighted by Crippen LogP contribution is -2.46. The topological polar surface area (TPSA) is 110 Å². The number of ketones is 2. The predicted octanol–water partition coefficient (Wildman–Crippen LogP) is 3.64. The van der Waals surface area contributed by atoms with Crippen molar-refractivity contribution in [3.05, 3.63) is 52.1 Å². The zero-order valence-electron chi connectivity index (χ0n) is 21.9. The van der Waals surface area contributed by atoms with Crippen molar-refractivity contribution in [2.75, 3.05) is 14.2 Å². The average Bonchev–Trinajstić information content (AvgIpc) is 3.11. The van der Waals surface area contributed by atoms with Crippen LogP contribution in [0.4, 0.5) is 0 Å². The van der Waals surface area contributed by atoms with Gasteiger partial charge in [0, 0.05) is 45.9 Å². The second kappa shape index (κ2) is 8.43. The monoisotopic (exact) mass is 505 g/mol. The first-order chi connectivity index (χ1) is 17.4. The van der Waals surface area contributed by atoms with Crippen molar-refractivity contribution in [1.82, 2.24) is 4.90 Å². The molecular formula is C29H31NO7. The molecule has 3 aliphatic carbocycles. The summed E-state index contributed by atoms with van der Waals surface area (Å²) in [7, 11) is 2.92. The lowest BCUT2D eigenvalue weighted by Gasteiger charge is -2.42. The number of hydrogen-bond donors (Lipinski definition) is 1. The van der Waals surface area contributed by atoms with E-state index >= 15 is 0 Å². The molecule has 2 amide bonds. The van der Waals surface area contributed by atoms with Crippen LogP contribution in [0.3, 0.4) is 0 Å². The molecule has 1 aromatic carbocycles. The van der Waals surface area contributed by atoms with Crippen molar-refractivity contribution < 1.29 is 33.8 Å². The van der Waals surface area contributed by atoms with Gasteiger partial charge in [-0.3, -0.25) is 24.1 Å². The third kappa shape index (κ3) is 3.56. The van der Waals surface area contributed by atoms with Crippen LogP contribution in [0, 0.1) is 17.8 Å². The number of carbonyl (C=O) groups excluding carboxylic acids is 4. The van der Waals surface area contributed by atoms with Crippen molar-refractivity contribution in [2.45, 2.75) is 52.0 Å². The van der Waals surface area contributed by atoms with Gasteiger partial charge in [-0.2, -0.15) is 0 Å². The quantitative estimate of drug-likeness (QED) is 0.379. The fourth-order valence-corrected chi connectivity index (χ4v) is 6.54. The molecule has 1 fully saturated rings. The minimum atomic E-state index is -0.803. The summed E-state index contributed by atoms with van der Waals surface area (Å²) in [5.41, 5.74) is 1.37. The summed E-state index contributed by atoms with van der Waals surface area (Å²) in [4.78, 5) is 55.3. The van der Waals surface area contributed by atoms with Crippen LogP contribution < -0.4 is 9.47 Å². The van der Waals surface area contributed by atoms with Crippen LogP contribution in [-0.4, -0.2) is 53.1 Å². The molecule has 8 nitrogen and oxygen atoms in total. The fourth-order valence-electron chi connectivity index (χ4n) is 6.54. The van der Waals surface area contributed by atoms with E-state index < -0.39 is 29.2 Å². The van der Waals surface area contributed by atoms with E-state index in [9.17, 15) is 24.3 Å². The number of benzene rings is 1. The van der Waals surface area contributed by atoms with E-state index in [0.717, 1.165) is 5.57 Å². The molecule has 5 rings (SSSR count). The molecular weight excluding hydrogens is 474 g/mol. The van der Waals surface area contributed by atoms with Gasteiger partial charge in [0.2, 0.25) is 11.8 Å². The van der Waals surface area contributed by atoms with Crippen molar-refractivity contribution >= 4 is 23.4 Å². The number of ether oxygens (including phenoxy) is 2. The molecule has 4 aliphatic rings. The molecule has 0 aromatic heterocycles. The van der Waals surface area contributed by atoms with Gasteiger partial charge in [0.1, 0.15) is 17.2 Å². The number of likely N-dealkylation sites (tertiary alicyclic amines) is 1. The standard InChI is InChI=1S/C29H31NO7/c1-13-9-19(31)23-18(26(13)33)12-17-15(24(23)25-20(32)10-14(36-5)11-21(25)37-6)7-8-16-22(17)28(35)30(27(16)34)29(2,3)4/h7,9-11,16-17,22,24,32H,8,12H2,1-6H3. The van der Waals surface area contributed by atoms with Gasteiger partial charge >= 0.3 is 0 Å². The number of hydrogen-bond acceptors (Lipinski definition) is 7. The molecule has 1 saturated heterocycles. The first-order valence-electron chi connectivity index (χ1n) is 12.4. The minimum absolute atomic E-state index is 0.145. The number of rotatable bonds is 3. The van der Waals surface area contributed by atoms with Gasteiger partial charge in [-0.25, -0.2) is 0 Å². The Labute approximate surface area is 215 Å². The predicted molar refractivity (Wildman–Crippen MR) is 134 cm³/mol. The molecule has 1 aliphatic heterocycles. The molecule has 0 spiro atoms. The fraction of sp³-hybridized carbons (Fsp3) is 0.448. The highest BCUT2D eigenvalue weighted by molar-refractivity contribution is 6.24. The lowest BCUT2D eigenvalue weighted by molar-refractivity contribution is -0.145. The number of imide groups is 1. The van der Waals surface area contributed by atoms with Gasteiger partial charge in [-0.05, 0) is 52.5 Å². The van der Waals surface area contributed by atoms with Crippen LogP contribution in [0.15, 0.2) is 46.6 Å². The number of phenolic OH excluding ortho intramolecular Hbond substituents is 1. The number of methoxy groups -OCH3 is 2. The number of nitrogens with zero attached hydrogens (tertiary/aromatic N) is 1. The molecule has 37 heavy (non-hydrogen) atoms. The van der Waals surface area contributed by atoms with Crippen molar-refractivity contribution in [2.24, 2.45) is 17.8 Å². The van der Waals surface area contributed by atoms with E-state index in [4.69, 9.17) is 9.47 Å². The van der Waals surface area contributed by atoms with Crippen LogP contribution in [-0.2, 0) is 19.2 Å². The molecule has 0 radical (unpaired) electrons. The number of carbonyl (C=O) groups is 4. The van der Waals surface area contributed by atoms with Crippen LogP contribution in [0.25, 0.3) is 0 Å². The summed E-state index contributed by atoms with van der Waals surface area (Å²) >= 11 is 0. The second-order valence-electron chi connectivity index (χ2n) is 11.2. The molecule has 1 aromatic rings. The summed E-state index contributed by atoms with van der Waals surface area (Å²) in [5, 5.41) is 11.2. The number of aromatic hydroxyl groups is 1. The normalized spacial score (nSPS) is 27.5. The zero-order chi connectivity index (χ0) is 27.0. The zero-order valence-corrected chi connectivity index (χ0v) is 21.9. The highest BCUT2D eigenvalue weighted by Gasteiger charge is 2.58. The van der Waals surface area contributed by atoms with Crippen LogP contribution in [0.1, 0.15) is 52.0 Å². The van der Waals surface area contributed by atoms with Crippen molar-refractivity contribution in [1.29, 1.82) is 0 Å². The summed E-state index contributed by atoms with van der Waals surface area (Å²) in [6, 6.07) is 3.06. The number of fused-ring (bicyclic) bond motifs is 3. The van der Waals surface area contributed by atoms with Gasteiger partial charge in [-0.1, -0.05) is 11.6 Å². The third-order valence-corrected chi connectivity index (χ3v) is 8.07. The minimum Gasteiger partial charge on any atom is -0.507 e. The maximum Gasteiger partial charge on any atom is 0.234 e. The van der Waals surface area contributed by atoms with E-state index in [2.05, 4.69) is 0 Å². The lowest BCUT2D eigenvalue weighted by atomic mass is 9.59. The maximum atomic E-state index is 13.7. The molecule has 194 valence electrons. The summed E-state index contributed by atoms with van der Waals surface area (Å²) in [6.07, 6.45) is 3.77. The number of Topliss-reactive ketones (excluding diaryl/α,β-unsaturated/α-hetero) is 1. The highest BCUT2D eigenvalue weighted by atomic mass is 16.5. The van der Waals surface area contributed by atoms with Gasteiger partial charge in [-0.15, -0.1) is 0 Å². The second-order valence-corrected chi connectivity index (χ2v) is 11.2. The van der Waals surface area contributed by atoms with Gasteiger partial charge in [0.25, 0.3) is 0 Å². The first kappa shape index (κ1) is 25.0. The van der Waals surface area contributed by atoms with E-state index in [-0.39, 0.29) is 35.6 Å². The van der Waals surface area contributed by atoms with E-state index in [1.165, 1.54) is 31.3 Å². The van der Waals surface area contributed by atoms with Crippen molar-refractivity contribution in [3.8, 4) is 17.2 Å². The third-order valence-electron chi connectivity index (χ3n) is 8.07. The highest BCUT2D eigenvalue weighted by Crippen LogP contribution is 2.58. The van der Waals surface area contributed by atoms with E-state index in [1.54, 1.807) is 13.0 Å². The Morgan fingerprint density at radius 2 is 1.70 bits per heavy atom. The number of amides is 2. The average molecular weight is 506 g/mol. The largest absolute Gasteiger partial charge is 0.507 e. The van der Waals surface area contributed by atoms with Crippen LogP contribution in [0.2, 0.25) is 0 Å². The van der Waals surface area contributed by atoms with Crippen LogP contribution >= 0.6 is 0 Å². The smallest absolute Gasteiger partial charge is 0.234 e. The molecule has 4 atom stereocenters. The Morgan fingerprint density at radius 1 is 1.00 bits per heavy atom. The van der Waals surface area contributed by atoms with E-state index in [0.29, 0.717) is 40.2 Å². The number of allylic oxidation sites excluding steroid dienone is 6. The Morgan fingerprint density at radius 3 is 2.32 bits per heavy atom. The molecule has 1 heterocycles. The Hall–Kier alpha value is -3.68.